The van der Waals surface area contributed by atoms with Crippen LogP contribution in [0.15, 0.2) is 71.4 Å². The number of hydrogen-bond acceptors (Lipinski definition) is 8. The molecule has 186 valence electrons. The largest absolute Gasteiger partial charge is 0.493 e. The second kappa shape index (κ2) is 11.3. The third-order valence-corrected chi connectivity index (χ3v) is 5.17. The number of esters is 1. The van der Waals surface area contributed by atoms with E-state index in [1.807, 2.05) is 12.1 Å². The van der Waals surface area contributed by atoms with Crippen molar-refractivity contribution >= 4 is 17.9 Å². The number of para-hydroxylation sites is 2. The first kappa shape index (κ1) is 24.6. The summed E-state index contributed by atoms with van der Waals surface area (Å²) in [6, 6.07) is 16.6. The zero-order chi connectivity index (χ0) is 25.5. The maximum absolute atomic E-state index is 14.1. The number of rotatable bonds is 10. The highest BCUT2D eigenvalue weighted by atomic mass is 19.1. The van der Waals surface area contributed by atoms with Crippen LogP contribution in [0.25, 0.3) is 6.08 Å². The maximum Gasteiger partial charge on any atom is 0.363 e. The molecule has 0 saturated heterocycles. The Morgan fingerprint density at radius 3 is 2.11 bits per heavy atom. The van der Waals surface area contributed by atoms with Crippen LogP contribution in [-0.4, -0.2) is 46.4 Å². The third-order valence-electron chi connectivity index (χ3n) is 5.17. The van der Waals surface area contributed by atoms with Gasteiger partial charge < -0.3 is 28.4 Å². The van der Waals surface area contributed by atoms with Crippen molar-refractivity contribution in [2.45, 2.75) is 0 Å². The summed E-state index contributed by atoms with van der Waals surface area (Å²) in [4.78, 5) is 16.5. The minimum absolute atomic E-state index is 0.0104. The first-order valence-electron chi connectivity index (χ1n) is 11.0. The molecule has 0 spiro atoms. The van der Waals surface area contributed by atoms with Crippen LogP contribution in [0.3, 0.4) is 0 Å². The Bertz CT molecular complexity index is 1290. The summed E-state index contributed by atoms with van der Waals surface area (Å²) in [7, 11) is 4.55. The van der Waals surface area contributed by atoms with E-state index in [1.54, 1.807) is 43.5 Å². The molecule has 0 bridgehead atoms. The van der Waals surface area contributed by atoms with Gasteiger partial charge in [0.05, 0.1) is 26.9 Å². The average molecular weight is 493 g/mol. The molecule has 0 amide bonds. The quantitative estimate of drug-likeness (QED) is 0.231. The van der Waals surface area contributed by atoms with E-state index in [0.717, 1.165) is 0 Å². The van der Waals surface area contributed by atoms with Gasteiger partial charge in [0.1, 0.15) is 19.0 Å². The molecule has 0 radical (unpaired) electrons. The van der Waals surface area contributed by atoms with E-state index in [2.05, 4.69) is 4.99 Å². The van der Waals surface area contributed by atoms with Crippen molar-refractivity contribution < 1.29 is 37.6 Å². The highest BCUT2D eigenvalue weighted by Crippen LogP contribution is 2.39. The molecular formula is C27H24FNO7. The van der Waals surface area contributed by atoms with E-state index in [-0.39, 0.29) is 30.4 Å². The summed E-state index contributed by atoms with van der Waals surface area (Å²) in [5.41, 5.74) is 0.659. The lowest BCUT2D eigenvalue weighted by molar-refractivity contribution is -0.129. The number of nitrogens with zero attached hydrogens (tertiary/aromatic N) is 1. The lowest BCUT2D eigenvalue weighted by Gasteiger charge is -2.16. The molecule has 0 aromatic heterocycles. The van der Waals surface area contributed by atoms with Crippen molar-refractivity contribution in [2.75, 3.05) is 34.5 Å². The van der Waals surface area contributed by atoms with Gasteiger partial charge in [-0.3, -0.25) is 0 Å². The van der Waals surface area contributed by atoms with Gasteiger partial charge in [-0.25, -0.2) is 14.2 Å². The summed E-state index contributed by atoms with van der Waals surface area (Å²) in [6.07, 6.45) is 1.50. The summed E-state index contributed by atoms with van der Waals surface area (Å²) < 4.78 is 47.1. The van der Waals surface area contributed by atoms with E-state index in [4.69, 9.17) is 28.4 Å². The summed E-state index contributed by atoms with van der Waals surface area (Å²) in [5, 5.41) is 0. The maximum atomic E-state index is 14.1. The molecule has 0 unspecified atom stereocenters. The predicted molar refractivity (Wildman–Crippen MR) is 131 cm³/mol. The van der Waals surface area contributed by atoms with Crippen molar-refractivity contribution in [1.82, 2.24) is 0 Å². The van der Waals surface area contributed by atoms with Crippen molar-refractivity contribution in [1.29, 1.82) is 0 Å². The molecule has 1 aliphatic heterocycles. The number of hydrogen-bond donors (Lipinski definition) is 0. The number of benzene rings is 3. The number of carbonyl (C=O) groups excluding carboxylic acids is 1. The molecule has 36 heavy (non-hydrogen) atoms. The van der Waals surface area contributed by atoms with Crippen LogP contribution in [0.5, 0.6) is 28.7 Å². The van der Waals surface area contributed by atoms with Gasteiger partial charge in [0.25, 0.3) is 0 Å². The van der Waals surface area contributed by atoms with Gasteiger partial charge >= 0.3 is 5.97 Å². The van der Waals surface area contributed by atoms with Crippen LogP contribution < -0.4 is 23.7 Å². The van der Waals surface area contributed by atoms with Crippen LogP contribution in [0.2, 0.25) is 0 Å². The van der Waals surface area contributed by atoms with Crippen molar-refractivity contribution in [3.8, 4) is 28.7 Å². The summed E-state index contributed by atoms with van der Waals surface area (Å²) in [5.74, 6) is 1.02. The van der Waals surface area contributed by atoms with Gasteiger partial charge in [0, 0.05) is 0 Å². The molecule has 0 atom stereocenters. The molecule has 0 saturated carbocycles. The lowest BCUT2D eigenvalue weighted by atomic mass is 10.1. The Kier molecular flexibility index (Phi) is 7.69. The fraction of sp³-hybridized carbons (Fsp3) is 0.185. The van der Waals surface area contributed by atoms with E-state index in [9.17, 15) is 9.18 Å². The standard InChI is InChI=1S/C27H24FNO7/c1-31-21-10-6-7-11-22(21)34-12-13-35-25-23(32-2)15-17(16-24(25)33-3)14-20-27(30)36-26(29-20)18-8-4-5-9-19(18)28/h4-11,14-16H,12-13H2,1-3H3. The monoisotopic (exact) mass is 493 g/mol. The molecule has 9 heteroatoms. The molecule has 8 nitrogen and oxygen atoms in total. The van der Waals surface area contributed by atoms with Crippen molar-refractivity contribution in [3.05, 3.63) is 83.3 Å². The second-order valence-corrected chi connectivity index (χ2v) is 7.42. The average Bonchev–Trinajstić information content (AvgIpc) is 3.26. The van der Waals surface area contributed by atoms with Gasteiger partial charge in [0.2, 0.25) is 11.6 Å². The highest BCUT2D eigenvalue weighted by molar-refractivity contribution is 6.13. The zero-order valence-electron chi connectivity index (χ0n) is 19.9. The number of ether oxygens (including phenoxy) is 6. The minimum atomic E-state index is -0.694. The fourth-order valence-electron chi connectivity index (χ4n) is 3.48. The normalized spacial score (nSPS) is 13.7. The molecule has 4 rings (SSSR count). The van der Waals surface area contributed by atoms with Gasteiger partial charge in [-0.15, -0.1) is 0 Å². The smallest absolute Gasteiger partial charge is 0.363 e. The van der Waals surface area contributed by atoms with E-state index in [0.29, 0.717) is 34.3 Å². The summed E-state index contributed by atoms with van der Waals surface area (Å²) in [6.45, 7) is 0.450. The molecule has 1 aliphatic rings. The SMILES string of the molecule is COc1ccccc1OCCOc1c(OC)cc(C=C2N=C(c3ccccc3F)OC2=O)cc1OC. The van der Waals surface area contributed by atoms with Crippen LogP contribution in [0, 0.1) is 5.82 Å². The Morgan fingerprint density at radius 2 is 1.44 bits per heavy atom. The highest BCUT2D eigenvalue weighted by Gasteiger charge is 2.26. The fourth-order valence-corrected chi connectivity index (χ4v) is 3.48. The first-order chi connectivity index (χ1) is 17.5. The number of aliphatic imine (C=N–C) groups is 1. The van der Waals surface area contributed by atoms with Crippen LogP contribution in [-0.2, 0) is 9.53 Å². The molecule has 1 heterocycles. The van der Waals surface area contributed by atoms with Crippen LogP contribution in [0.1, 0.15) is 11.1 Å². The molecule has 0 aliphatic carbocycles. The summed E-state index contributed by atoms with van der Waals surface area (Å²) >= 11 is 0. The van der Waals surface area contributed by atoms with E-state index >= 15 is 0 Å². The lowest BCUT2D eigenvalue weighted by Crippen LogP contribution is -2.11. The Morgan fingerprint density at radius 1 is 0.833 bits per heavy atom. The van der Waals surface area contributed by atoms with Crippen molar-refractivity contribution in [3.63, 3.8) is 0 Å². The second-order valence-electron chi connectivity index (χ2n) is 7.42. The molecule has 0 N–H and O–H groups in total. The topological polar surface area (TPSA) is 84.8 Å². The van der Waals surface area contributed by atoms with E-state index in [1.165, 1.54) is 32.4 Å². The first-order valence-corrected chi connectivity index (χ1v) is 11.0. The van der Waals surface area contributed by atoms with Crippen molar-refractivity contribution in [2.24, 2.45) is 4.99 Å². The number of methoxy groups -OCH3 is 3. The predicted octanol–water partition coefficient (Wildman–Crippen LogP) is 4.65. The zero-order valence-corrected chi connectivity index (χ0v) is 19.9. The minimum Gasteiger partial charge on any atom is -0.493 e. The molecular weight excluding hydrogens is 469 g/mol. The Hall–Kier alpha value is -4.53. The Labute approximate surface area is 207 Å². The third kappa shape index (κ3) is 5.41. The number of halogens is 1. The number of cyclic esters (lactones) is 1. The van der Waals surface area contributed by atoms with Crippen LogP contribution >= 0.6 is 0 Å². The van der Waals surface area contributed by atoms with Gasteiger partial charge in [-0.2, -0.15) is 0 Å². The van der Waals surface area contributed by atoms with E-state index < -0.39 is 11.8 Å². The molecule has 3 aromatic carbocycles. The number of carbonyl (C=O) groups is 1. The Balaban J connectivity index is 1.52. The van der Waals surface area contributed by atoms with Gasteiger partial charge in [0.15, 0.2) is 28.7 Å². The van der Waals surface area contributed by atoms with Gasteiger partial charge in [-0.1, -0.05) is 24.3 Å². The van der Waals surface area contributed by atoms with Gasteiger partial charge in [-0.05, 0) is 48.0 Å². The molecule has 0 fully saturated rings. The molecule has 3 aromatic rings. The van der Waals surface area contributed by atoms with Crippen LogP contribution in [0.4, 0.5) is 4.39 Å².